The highest BCUT2D eigenvalue weighted by Gasteiger charge is 2.20. The molecule has 0 fully saturated rings. The lowest BCUT2D eigenvalue weighted by Crippen LogP contribution is -2.20. The molecule has 66 valence electrons. The summed E-state index contributed by atoms with van der Waals surface area (Å²) in [5, 5.41) is 1.63. The van der Waals surface area contributed by atoms with Crippen molar-refractivity contribution in [2.45, 2.75) is 19.3 Å². The average molecular weight is 249 g/mol. The van der Waals surface area contributed by atoms with Crippen molar-refractivity contribution in [1.29, 1.82) is 0 Å². The first kappa shape index (κ1) is 10.0. The van der Waals surface area contributed by atoms with Crippen LogP contribution in [-0.2, 0) is 5.41 Å². The molecule has 0 aliphatic heterocycles. The van der Waals surface area contributed by atoms with E-state index in [0.717, 1.165) is 16.0 Å². The molecule has 0 aromatic carbocycles. The monoisotopic (exact) mass is 247 g/mol. The second kappa shape index (κ2) is 3.75. The molecule has 1 rings (SSSR count). The molecule has 0 atom stereocenters. The normalized spacial score (nSPS) is 11.7. The van der Waals surface area contributed by atoms with Crippen LogP contribution in [0.3, 0.4) is 0 Å². The molecular weight excluding hydrogens is 237 g/mol. The van der Waals surface area contributed by atoms with Crippen LogP contribution in [0.5, 0.6) is 0 Å². The van der Waals surface area contributed by atoms with Gasteiger partial charge < -0.3 is 0 Å². The van der Waals surface area contributed by atoms with Gasteiger partial charge in [-0.3, -0.25) is 4.98 Å². The van der Waals surface area contributed by atoms with Gasteiger partial charge in [-0.05, 0) is 12.1 Å². The highest BCUT2D eigenvalue weighted by molar-refractivity contribution is 9.09. The number of nitrogens with zero attached hydrogens (tertiary/aromatic N) is 1. The second-order valence-electron chi connectivity index (χ2n) is 3.38. The highest BCUT2D eigenvalue weighted by atomic mass is 79.9. The molecule has 0 bridgehead atoms. The van der Waals surface area contributed by atoms with E-state index in [1.54, 1.807) is 12.3 Å². The Labute approximate surface area is 86.3 Å². The molecule has 0 aliphatic rings. The summed E-state index contributed by atoms with van der Waals surface area (Å²) in [6, 6.07) is 3.69. The Balaban J connectivity index is 3.03. The van der Waals surface area contributed by atoms with Gasteiger partial charge >= 0.3 is 0 Å². The van der Waals surface area contributed by atoms with Gasteiger partial charge in [0.25, 0.3) is 0 Å². The molecule has 0 saturated carbocycles. The fourth-order valence-corrected chi connectivity index (χ4v) is 1.29. The molecule has 0 saturated heterocycles. The summed E-state index contributed by atoms with van der Waals surface area (Å²) in [7, 11) is 0. The summed E-state index contributed by atoms with van der Waals surface area (Å²) in [5.74, 6) is 0. The molecule has 0 spiro atoms. The summed E-state index contributed by atoms with van der Waals surface area (Å²) in [5.41, 5.74) is 1.07. The van der Waals surface area contributed by atoms with Crippen LogP contribution in [0, 0.1) is 0 Å². The Morgan fingerprint density at radius 3 is 2.75 bits per heavy atom. The molecule has 1 aromatic rings. The SMILES string of the molecule is CC(C)(CBr)c1cc(Cl)ccn1. The maximum atomic E-state index is 5.85. The molecule has 0 radical (unpaired) electrons. The highest BCUT2D eigenvalue weighted by Crippen LogP contribution is 2.24. The van der Waals surface area contributed by atoms with E-state index in [1.165, 1.54) is 0 Å². The van der Waals surface area contributed by atoms with E-state index in [1.807, 2.05) is 6.07 Å². The Kier molecular flexibility index (Phi) is 3.13. The van der Waals surface area contributed by atoms with Crippen LogP contribution >= 0.6 is 27.5 Å². The summed E-state index contributed by atoms with van der Waals surface area (Å²) in [6.45, 7) is 4.25. The minimum atomic E-state index is 0.0465. The van der Waals surface area contributed by atoms with Gasteiger partial charge in [0.2, 0.25) is 0 Å². The van der Waals surface area contributed by atoms with E-state index in [-0.39, 0.29) is 5.41 Å². The van der Waals surface area contributed by atoms with Crippen molar-refractivity contribution in [2.75, 3.05) is 5.33 Å². The van der Waals surface area contributed by atoms with Crippen molar-refractivity contribution in [2.24, 2.45) is 0 Å². The molecule has 1 nitrogen and oxygen atoms in total. The van der Waals surface area contributed by atoms with Crippen molar-refractivity contribution >= 4 is 27.5 Å². The van der Waals surface area contributed by atoms with E-state index in [9.17, 15) is 0 Å². The van der Waals surface area contributed by atoms with Crippen molar-refractivity contribution in [3.8, 4) is 0 Å². The van der Waals surface area contributed by atoms with Gasteiger partial charge in [-0.2, -0.15) is 0 Å². The lowest BCUT2D eigenvalue weighted by Gasteiger charge is -2.20. The molecule has 0 N–H and O–H groups in total. The zero-order valence-corrected chi connectivity index (χ0v) is 9.48. The zero-order chi connectivity index (χ0) is 9.19. The van der Waals surface area contributed by atoms with Gasteiger partial charge in [0.15, 0.2) is 0 Å². The van der Waals surface area contributed by atoms with Crippen LogP contribution in [0.4, 0.5) is 0 Å². The first-order chi connectivity index (χ1) is 5.56. The van der Waals surface area contributed by atoms with Crippen LogP contribution in [0.25, 0.3) is 0 Å². The average Bonchev–Trinajstić information content (AvgIpc) is 2.05. The third-order valence-corrected chi connectivity index (χ3v) is 3.39. The lowest BCUT2D eigenvalue weighted by atomic mass is 9.92. The van der Waals surface area contributed by atoms with Crippen LogP contribution in [0.15, 0.2) is 18.3 Å². The Morgan fingerprint density at radius 1 is 1.58 bits per heavy atom. The van der Waals surface area contributed by atoms with E-state index in [4.69, 9.17) is 11.6 Å². The maximum Gasteiger partial charge on any atom is 0.0482 e. The third-order valence-electron chi connectivity index (χ3n) is 1.75. The smallest absolute Gasteiger partial charge is 0.0482 e. The summed E-state index contributed by atoms with van der Waals surface area (Å²) in [6.07, 6.45) is 1.74. The molecule has 0 aliphatic carbocycles. The Hall–Kier alpha value is -0.0800. The van der Waals surface area contributed by atoms with Crippen LogP contribution < -0.4 is 0 Å². The van der Waals surface area contributed by atoms with Crippen molar-refractivity contribution in [3.63, 3.8) is 0 Å². The Bertz CT molecular complexity index is 273. The Morgan fingerprint density at radius 2 is 2.25 bits per heavy atom. The van der Waals surface area contributed by atoms with Crippen LogP contribution in [-0.4, -0.2) is 10.3 Å². The number of aromatic nitrogens is 1. The van der Waals surface area contributed by atoms with E-state index < -0.39 is 0 Å². The number of hydrogen-bond acceptors (Lipinski definition) is 1. The lowest BCUT2D eigenvalue weighted by molar-refractivity contribution is 0.584. The summed E-state index contributed by atoms with van der Waals surface area (Å²) in [4.78, 5) is 4.27. The van der Waals surface area contributed by atoms with Crippen molar-refractivity contribution < 1.29 is 0 Å². The molecular formula is C9H11BrClN. The van der Waals surface area contributed by atoms with Crippen LogP contribution in [0.1, 0.15) is 19.5 Å². The first-order valence-electron chi connectivity index (χ1n) is 3.74. The van der Waals surface area contributed by atoms with Gasteiger partial charge in [-0.15, -0.1) is 0 Å². The fourth-order valence-electron chi connectivity index (χ4n) is 0.843. The largest absolute Gasteiger partial charge is 0.261 e. The molecule has 0 amide bonds. The predicted molar refractivity (Wildman–Crippen MR) is 56.1 cm³/mol. The van der Waals surface area contributed by atoms with E-state index >= 15 is 0 Å². The summed E-state index contributed by atoms with van der Waals surface area (Å²) < 4.78 is 0. The molecule has 12 heavy (non-hydrogen) atoms. The number of rotatable bonds is 2. The van der Waals surface area contributed by atoms with Crippen molar-refractivity contribution in [1.82, 2.24) is 4.98 Å². The van der Waals surface area contributed by atoms with Crippen LogP contribution in [0.2, 0.25) is 5.02 Å². The third kappa shape index (κ3) is 2.20. The minimum absolute atomic E-state index is 0.0465. The fraction of sp³-hybridized carbons (Fsp3) is 0.444. The molecule has 3 heteroatoms. The maximum absolute atomic E-state index is 5.85. The molecule has 1 heterocycles. The van der Waals surface area contributed by atoms with E-state index in [0.29, 0.717) is 0 Å². The van der Waals surface area contributed by atoms with Crippen molar-refractivity contribution in [3.05, 3.63) is 29.0 Å². The number of hydrogen-bond donors (Lipinski definition) is 0. The van der Waals surface area contributed by atoms with Gasteiger partial charge in [-0.1, -0.05) is 41.4 Å². The van der Waals surface area contributed by atoms with Gasteiger partial charge in [0.1, 0.15) is 0 Å². The number of alkyl halides is 1. The van der Waals surface area contributed by atoms with Gasteiger partial charge in [-0.25, -0.2) is 0 Å². The second-order valence-corrected chi connectivity index (χ2v) is 4.37. The molecule has 0 unspecified atom stereocenters. The molecule has 1 aromatic heterocycles. The topological polar surface area (TPSA) is 12.9 Å². The number of pyridine rings is 1. The number of halogens is 2. The minimum Gasteiger partial charge on any atom is -0.261 e. The van der Waals surface area contributed by atoms with Gasteiger partial charge in [0.05, 0.1) is 0 Å². The quantitative estimate of drug-likeness (QED) is 0.731. The standard InChI is InChI=1S/C9H11BrClN/c1-9(2,6-10)8-5-7(11)3-4-12-8/h3-5H,6H2,1-2H3. The van der Waals surface area contributed by atoms with E-state index in [2.05, 4.69) is 34.8 Å². The zero-order valence-electron chi connectivity index (χ0n) is 7.14. The predicted octanol–water partition coefficient (Wildman–Crippen LogP) is 3.41. The van der Waals surface area contributed by atoms with Gasteiger partial charge in [0, 0.05) is 27.7 Å². The summed E-state index contributed by atoms with van der Waals surface area (Å²) >= 11 is 9.30. The first-order valence-corrected chi connectivity index (χ1v) is 5.24.